The van der Waals surface area contributed by atoms with Crippen LogP contribution in [-0.2, 0) is 6.42 Å². The zero-order valence-electron chi connectivity index (χ0n) is 6.73. The molecule has 0 spiro atoms. The van der Waals surface area contributed by atoms with Crippen molar-refractivity contribution in [3.63, 3.8) is 0 Å². The fourth-order valence-electron chi connectivity index (χ4n) is 1.41. The number of carbonyl (C=O) groups is 1. The van der Waals surface area contributed by atoms with Crippen LogP contribution in [0.15, 0.2) is 16.6 Å². The number of rotatable bonds is 0. The summed E-state index contributed by atoms with van der Waals surface area (Å²) >= 11 is 9.21. The Labute approximate surface area is 89.4 Å². The third-order valence-corrected chi connectivity index (χ3v) is 3.27. The molecule has 68 valence electrons. The number of nitrogens with one attached hydrogen (secondary N) is 1. The molecular formula is C9H7BrClNO. The van der Waals surface area contributed by atoms with Gasteiger partial charge >= 0.3 is 0 Å². The molecular weight excluding hydrogens is 253 g/mol. The predicted molar refractivity (Wildman–Crippen MR) is 55.2 cm³/mol. The second-order valence-corrected chi connectivity index (χ2v) is 4.19. The van der Waals surface area contributed by atoms with Crippen LogP contribution in [0, 0.1) is 0 Å². The molecule has 0 aromatic heterocycles. The Kier molecular flexibility index (Phi) is 2.30. The van der Waals surface area contributed by atoms with Crippen molar-refractivity contribution in [2.75, 3.05) is 6.54 Å². The molecule has 1 aliphatic heterocycles. The summed E-state index contributed by atoms with van der Waals surface area (Å²) in [6.45, 7) is 0.708. The van der Waals surface area contributed by atoms with Gasteiger partial charge in [-0.05, 0) is 40.0 Å². The fourth-order valence-corrected chi connectivity index (χ4v) is 1.97. The molecule has 0 aliphatic carbocycles. The van der Waals surface area contributed by atoms with E-state index in [4.69, 9.17) is 11.6 Å². The highest BCUT2D eigenvalue weighted by molar-refractivity contribution is 9.10. The minimum atomic E-state index is -0.0318. The summed E-state index contributed by atoms with van der Waals surface area (Å²) in [6.07, 6.45) is 0.872. The molecule has 0 bridgehead atoms. The highest BCUT2D eigenvalue weighted by atomic mass is 79.9. The second-order valence-electron chi connectivity index (χ2n) is 2.93. The Hall–Kier alpha value is -0.540. The van der Waals surface area contributed by atoms with Crippen LogP contribution in [0.4, 0.5) is 0 Å². The Balaban J connectivity index is 2.58. The molecule has 2 rings (SSSR count). The van der Waals surface area contributed by atoms with Crippen LogP contribution in [-0.4, -0.2) is 12.5 Å². The third kappa shape index (κ3) is 1.58. The molecule has 0 unspecified atom stereocenters. The van der Waals surface area contributed by atoms with Crippen molar-refractivity contribution < 1.29 is 4.79 Å². The van der Waals surface area contributed by atoms with Gasteiger partial charge in [0, 0.05) is 16.6 Å². The SMILES string of the molecule is O=C1NCCc2cc(Br)c(Cl)cc21. The highest BCUT2D eigenvalue weighted by Crippen LogP contribution is 2.27. The van der Waals surface area contributed by atoms with Gasteiger partial charge in [-0.2, -0.15) is 0 Å². The molecule has 1 heterocycles. The summed E-state index contributed by atoms with van der Waals surface area (Å²) in [5.41, 5.74) is 1.75. The summed E-state index contributed by atoms with van der Waals surface area (Å²) < 4.78 is 0.850. The molecule has 0 saturated heterocycles. The van der Waals surface area contributed by atoms with Gasteiger partial charge < -0.3 is 5.32 Å². The number of hydrogen-bond acceptors (Lipinski definition) is 1. The fraction of sp³-hybridized carbons (Fsp3) is 0.222. The van der Waals surface area contributed by atoms with Crippen LogP contribution in [0.1, 0.15) is 15.9 Å². The monoisotopic (exact) mass is 259 g/mol. The van der Waals surface area contributed by atoms with Gasteiger partial charge in [-0.25, -0.2) is 0 Å². The van der Waals surface area contributed by atoms with Crippen molar-refractivity contribution in [3.8, 4) is 0 Å². The first kappa shape index (κ1) is 9.03. The van der Waals surface area contributed by atoms with Gasteiger partial charge in [-0.15, -0.1) is 0 Å². The van der Waals surface area contributed by atoms with Crippen LogP contribution < -0.4 is 5.32 Å². The minimum Gasteiger partial charge on any atom is -0.352 e. The van der Waals surface area contributed by atoms with Gasteiger partial charge in [0.05, 0.1) is 5.02 Å². The molecule has 1 N–H and O–H groups in total. The van der Waals surface area contributed by atoms with E-state index in [0.717, 1.165) is 16.5 Å². The maximum Gasteiger partial charge on any atom is 0.251 e. The van der Waals surface area contributed by atoms with E-state index >= 15 is 0 Å². The highest BCUT2D eigenvalue weighted by Gasteiger charge is 2.17. The Bertz CT molecular complexity index is 378. The molecule has 1 aliphatic rings. The number of amides is 1. The van der Waals surface area contributed by atoms with Crippen molar-refractivity contribution in [1.29, 1.82) is 0 Å². The Morgan fingerprint density at radius 1 is 1.46 bits per heavy atom. The van der Waals surface area contributed by atoms with E-state index in [-0.39, 0.29) is 5.91 Å². The van der Waals surface area contributed by atoms with Gasteiger partial charge in [0.25, 0.3) is 5.91 Å². The molecule has 0 fully saturated rings. The van der Waals surface area contributed by atoms with Crippen molar-refractivity contribution in [2.45, 2.75) is 6.42 Å². The van der Waals surface area contributed by atoms with E-state index in [0.29, 0.717) is 17.1 Å². The Morgan fingerprint density at radius 3 is 3.00 bits per heavy atom. The van der Waals surface area contributed by atoms with Gasteiger partial charge in [0.1, 0.15) is 0 Å². The maximum atomic E-state index is 11.4. The van der Waals surface area contributed by atoms with Crippen LogP contribution in [0.5, 0.6) is 0 Å². The normalized spacial score (nSPS) is 15.1. The molecule has 0 atom stereocenters. The lowest BCUT2D eigenvalue weighted by molar-refractivity contribution is 0.0946. The van der Waals surface area contributed by atoms with Crippen LogP contribution in [0.3, 0.4) is 0 Å². The standard InChI is InChI=1S/C9H7BrClNO/c10-7-3-5-1-2-12-9(13)6(5)4-8(7)11/h3-4H,1-2H2,(H,12,13). The smallest absolute Gasteiger partial charge is 0.251 e. The summed E-state index contributed by atoms with van der Waals surface area (Å²) in [6, 6.07) is 3.62. The third-order valence-electron chi connectivity index (χ3n) is 2.07. The van der Waals surface area contributed by atoms with E-state index in [1.807, 2.05) is 6.07 Å². The first-order valence-corrected chi connectivity index (χ1v) is 5.11. The number of carbonyl (C=O) groups excluding carboxylic acids is 1. The van der Waals surface area contributed by atoms with Crippen molar-refractivity contribution in [3.05, 3.63) is 32.8 Å². The van der Waals surface area contributed by atoms with Gasteiger partial charge in [0.2, 0.25) is 0 Å². The van der Waals surface area contributed by atoms with Crippen LogP contribution >= 0.6 is 27.5 Å². The molecule has 13 heavy (non-hydrogen) atoms. The summed E-state index contributed by atoms with van der Waals surface area (Å²) in [5, 5.41) is 3.35. The largest absolute Gasteiger partial charge is 0.352 e. The maximum absolute atomic E-state index is 11.4. The molecule has 0 saturated carbocycles. The number of halogens is 2. The number of hydrogen-bond donors (Lipinski definition) is 1. The first-order valence-electron chi connectivity index (χ1n) is 3.94. The number of benzene rings is 1. The summed E-state index contributed by atoms with van der Waals surface area (Å²) in [7, 11) is 0. The minimum absolute atomic E-state index is 0.0318. The van der Waals surface area contributed by atoms with E-state index < -0.39 is 0 Å². The summed E-state index contributed by atoms with van der Waals surface area (Å²) in [4.78, 5) is 11.4. The zero-order valence-corrected chi connectivity index (χ0v) is 9.08. The van der Waals surface area contributed by atoms with Crippen LogP contribution in [0.2, 0.25) is 5.02 Å². The van der Waals surface area contributed by atoms with Crippen molar-refractivity contribution >= 4 is 33.4 Å². The Morgan fingerprint density at radius 2 is 2.23 bits per heavy atom. The molecule has 0 radical (unpaired) electrons. The average molecular weight is 261 g/mol. The van der Waals surface area contributed by atoms with E-state index in [1.54, 1.807) is 6.07 Å². The lowest BCUT2D eigenvalue weighted by Gasteiger charge is -2.16. The van der Waals surface area contributed by atoms with Gasteiger partial charge in [0.15, 0.2) is 0 Å². The van der Waals surface area contributed by atoms with Gasteiger partial charge in [-0.1, -0.05) is 11.6 Å². The molecule has 1 aromatic rings. The van der Waals surface area contributed by atoms with Crippen LogP contribution in [0.25, 0.3) is 0 Å². The quantitative estimate of drug-likeness (QED) is 0.762. The first-order chi connectivity index (χ1) is 6.18. The number of fused-ring (bicyclic) bond motifs is 1. The van der Waals surface area contributed by atoms with E-state index in [1.165, 1.54) is 0 Å². The average Bonchev–Trinajstić information content (AvgIpc) is 2.09. The topological polar surface area (TPSA) is 29.1 Å². The zero-order chi connectivity index (χ0) is 9.42. The molecule has 1 amide bonds. The summed E-state index contributed by atoms with van der Waals surface area (Å²) in [5.74, 6) is -0.0318. The van der Waals surface area contributed by atoms with Crippen molar-refractivity contribution in [1.82, 2.24) is 5.32 Å². The lowest BCUT2D eigenvalue weighted by atomic mass is 10.0. The van der Waals surface area contributed by atoms with Crippen molar-refractivity contribution in [2.24, 2.45) is 0 Å². The predicted octanol–water partition coefficient (Wildman–Crippen LogP) is 2.39. The van der Waals surface area contributed by atoms with E-state index in [2.05, 4.69) is 21.2 Å². The van der Waals surface area contributed by atoms with Gasteiger partial charge in [-0.3, -0.25) is 4.79 Å². The lowest BCUT2D eigenvalue weighted by Crippen LogP contribution is -2.31. The van der Waals surface area contributed by atoms with E-state index in [9.17, 15) is 4.79 Å². The molecule has 4 heteroatoms. The molecule has 1 aromatic carbocycles. The molecule has 2 nitrogen and oxygen atoms in total. The second kappa shape index (κ2) is 3.31.